The number of nitrogens with one attached hydrogen (secondary N) is 1. The van der Waals surface area contributed by atoms with Crippen LogP contribution in [0.3, 0.4) is 0 Å². The van der Waals surface area contributed by atoms with Crippen molar-refractivity contribution in [3.8, 4) is 6.07 Å². The Morgan fingerprint density at radius 1 is 1.37 bits per heavy atom. The van der Waals surface area contributed by atoms with Crippen LogP contribution in [0.2, 0.25) is 0 Å². The molecule has 0 amide bonds. The molecule has 4 nitrogen and oxygen atoms in total. The van der Waals surface area contributed by atoms with Gasteiger partial charge >= 0.3 is 0 Å². The van der Waals surface area contributed by atoms with Crippen LogP contribution in [0, 0.1) is 11.3 Å². The van der Waals surface area contributed by atoms with Gasteiger partial charge in [-0.15, -0.1) is 0 Å². The first-order valence-electron chi connectivity index (χ1n) is 7.79. The highest BCUT2D eigenvalue weighted by atomic mass is 15.3. The molecular formula is C15H28N4. The molecule has 2 aliphatic rings. The zero-order chi connectivity index (χ0) is 13.7. The molecule has 2 fully saturated rings. The predicted octanol–water partition coefficient (Wildman–Crippen LogP) is 1.44. The summed E-state index contributed by atoms with van der Waals surface area (Å²) >= 11 is 0. The van der Waals surface area contributed by atoms with Crippen molar-refractivity contribution in [1.29, 1.82) is 5.26 Å². The number of piperazine rings is 1. The Hall–Kier alpha value is -0.630. The molecule has 108 valence electrons. The van der Waals surface area contributed by atoms with Gasteiger partial charge in [0.05, 0.1) is 6.07 Å². The Bertz CT molecular complexity index is 319. The molecule has 0 aromatic carbocycles. The lowest BCUT2D eigenvalue weighted by molar-refractivity contribution is 0.102. The van der Waals surface area contributed by atoms with Gasteiger partial charge < -0.3 is 10.2 Å². The van der Waals surface area contributed by atoms with Crippen LogP contribution < -0.4 is 5.32 Å². The number of hydrogen-bond donors (Lipinski definition) is 1. The van der Waals surface area contributed by atoms with Crippen molar-refractivity contribution >= 4 is 0 Å². The lowest BCUT2D eigenvalue weighted by Gasteiger charge is -2.38. The van der Waals surface area contributed by atoms with E-state index in [9.17, 15) is 5.26 Å². The van der Waals surface area contributed by atoms with Crippen molar-refractivity contribution in [1.82, 2.24) is 15.1 Å². The zero-order valence-electron chi connectivity index (χ0n) is 12.5. The van der Waals surface area contributed by atoms with E-state index in [-0.39, 0.29) is 5.54 Å². The molecule has 4 heteroatoms. The molecule has 2 heterocycles. The highest BCUT2D eigenvalue weighted by molar-refractivity contribution is 5.05. The van der Waals surface area contributed by atoms with Gasteiger partial charge in [-0.25, -0.2) is 0 Å². The van der Waals surface area contributed by atoms with Crippen LogP contribution in [0.4, 0.5) is 0 Å². The Balaban J connectivity index is 1.73. The van der Waals surface area contributed by atoms with Crippen molar-refractivity contribution in [3.05, 3.63) is 0 Å². The fourth-order valence-corrected chi connectivity index (χ4v) is 3.53. The van der Waals surface area contributed by atoms with Gasteiger partial charge in [-0.1, -0.05) is 6.92 Å². The fraction of sp³-hybridized carbons (Fsp3) is 0.933. The molecular weight excluding hydrogens is 236 g/mol. The second-order valence-corrected chi connectivity index (χ2v) is 6.03. The number of rotatable bonds is 6. The van der Waals surface area contributed by atoms with Crippen molar-refractivity contribution < 1.29 is 0 Å². The minimum Gasteiger partial charge on any atom is -0.302 e. The van der Waals surface area contributed by atoms with E-state index >= 15 is 0 Å². The lowest BCUT2D eigenvalue weighted by Crippen LogP contribution is -2.50. The third-order valence-corrected chi connectivity index (χ3v) is 5.05. The van der Waals surface area contributed by atoms with Gasteiger partial charge in [-0.05, 0) is 52.2 Å². The van der Waals surface area contributed by atoms with Gasteiger partial charge in [0.25, 0.3) is 0 Å². The Kier molecular flexibility index (Phi) is 5.20. The highest BCUT2D eigenvalue weighted by Gasteiger charge is 2.31. The molecule has 0 aliphatic carbocycles. The van der Waals surface area contributed by atoms with Crippen LogP contribution in [0.25, 0.3) is 0 Å². The van der Waals surface area contributed by atoms with E-state index < -0.39 is 0 Å². The molecule has 1 N–H and O–H groups in total. The first-order chi connectivity index (χ1) is 9.23. The summed E-state index contributed by atoms with van der Waals surface area (Å²) in [6.45, 7) is 8.25. The maximum atomic E-state index is 9.30. The van der Waals surface area contributed by atoms with E-state index in [1.807, 2.05) is 7.05 Å². The zero-order valence-corrected chi connectivity index (χ0v) is 12.5. The summed E-state index contributed by atoms with van der Waals surface area (Å²) in [6, 6.07) is 3.26. The Morgan fingerprint density at radius 3 is 2.89 bits per heavy atom. The average molecular weight is 264 g/mol. The highest BCUT2D eigenvalue weighted by Crippen LogP contribution is 2.22. The van der Waals surface area contributed by atoms with Crippen molar-refractivity contribution in [2.75, 3.05) is 39.8 Å². The number of fused-ring (bicyclic) bond motifs is 1. The molecule has 2 rings (SSSR count). The van der Waals surface area contributed by atoms with E-state index in [0.717, 1.165) is 31.8 Å². The summed E-state index contributed by atoms with van der Waals surface area (Å²) in [7, 11) is 1.91. The third kappa shape index (κ3) is 3.47. The SMILES string of the molecule is CCC(C#N)(CCCN1CCN2CCCC2C1)NC. The predicted molar refractivity (Wildman–Crippen MR) is 78.0 cm³/mol. The molecule has 0 bridgehead atoms. The van der Waals surface area contributed by atoms with Gasteiger partial charge in [0, 0.05) is 25.7 Å². The van der Waals surface area contributed by atoms with Gasteiger partial charge in [-0.3, -0.25) is 4.90 Å². The normalized spacial score (nSPS) is 27.7. The molecule has 0 aromatic heterocycles. The third-order valence-electron chi connectivity index (χ3n) is 5.05. The molecule has 0 radical (unpaired) electrons. The van der Waals surface area contributed by atoms with Crippen LogP contribution >= 0.6 is 0 Å². The largest absolute Gasteiger partial charge is 0.302 e. The van der Waals surface area contributed by atoms with E-state index in [4.69, 9.17) is 0 Å². The van der Waals surface area contributed by atoms with E-state index in [2.05, 4.69) is 28.1 Å². The molecule has 2 aliphatic heterocycles. The monoisotopic (exact) mass is 264 g/mol. The topological polar surface area (TPSA) is 42.3 Å². The summed E-state index contributed by atoms with van der Waals surface area (Å²) in [5, 5.41) is 12.5. The second-order valence-electron chi connectivity index (χ2n) is 6.03. The summed E-state index contributed by atoms with van der Waals surface area (Å²) in [5.41, 5.74) is -0.310. The van der Waals surface area contributed by atoms with Gasteiger partial charge in [0.2, 0.25) is 0 Å². The maximum absolute atomic E-state index is 9.30. The molecule has 2 atom stereocenters. The van der Waals surface area contributed by atoms with Crippen LogP contribution in [0.15, 0.2) is 0 Å². The summed E-state index contributed by atoms with van der Waals surface area (Å²) in [6.07, 6.45) is 5.72. The average Bonchev–Trinajstić information content (AvgIpc) is 2.92. The lowest BCUT2D eigenvalue weighted by atomic mass is 9.92. The van der Waals surface area contributed by atoms with Crippen molar-refractivity contribution in [2.24, 2.45) is 0 Å². The first kappa shape index (κ1) is 14.8. The quantitative estimate of drug-likeness (QED) is 0.788. The van der Waals surface area contributed by atoms with Crippen LogP contribution in [-0.4, -0.2) is 61.2 Å². The van der Waals surface area contributed by atoms with Gasteiger partial charge in [0.1, 0.15) is 5.54 Å². The van der Waals surface area contributed by atoms with Crippen molar-refractivity contribution in [2.45, 2.75) is 50.6 Å². The summed E-state index contributed by atoms with van der Waals surface area (Å²) in [4.78, 5) is 5.25. The summed E-state index contributed by atoms with van der Waals surface area (Å²) < 4.78 is 0. The van der Waals surface area contributed by atoms with E-state index in [1.165, 1.54) is 39.0 Å². The van der Waals surface area contributed by atoms with Gasteiger partial charge in [-0.2, -0.15) is 5.26 Å². The molecule has 0 saturated carbocycles. The minimum absolute atomic E-state index is 0.310. The van der Waals surface area contributed by atoms with Gasteiger partial charge in [0.15, 0.2) is 0 Å². The smallest absolute Gasteiger partial charge is 0.106 e. The number of hydrogen-bond acceptors (Lipinski definition) is 4. The summed E-state index contributed by atoms with van der Waals surface area (Å²) in [5.74, 6) is 0. The maximum Gasteiger partial charge on any atom is 0.106 e. The molecule has 0 aromatic rings. The number of nitriles is 1. The molecule has 2 unspecified atom stereocenters. The van der Waals surface area contributed by atoms with Crippen LogP contribution in [-0.2, 0) is 0 Å². The van der Waals surface area contributed by atoms with Crippen LogP contribution in [0.5, 0.6) is 0 Å². The Labute approximate surface area is 117 Å². The number of nitrogens with zero attached hydrogens (tertiary/aromatic N) is 3. The standard InChI is InChI=1S/C15H28N4/c1-3-15(13-16,17-2)7-5-8-18-10-11-19-9-4-6-14(19)12-18/h14,17H,3-12H2,1-2H3. The molecule has 0 spiro atoms. The second kappa shape index (κ2) is 6.69. The van der Waals surface area contributed by atoms with E-state index in [1.54, 1.807) is 0 Å². The van der Waals surface area contributed by atoms with E-state index in [0.29, 0.717) is 0 Å². The Morgan fingerprint density at radius 2 is 2.21 bits per heavy atom. The molecule has 2 saturated heterocycles. The van der Waals surface area contributed by atoms with Crippen molar-refractivity contribution in [3.63, 3.8) is 0 Å². The fourth-order valence-electron chi connectivity index (χ4n) is 3.53. The first-order valence-corrected chi connectivity index (χ1v) is 7.79. The van der Waals surface area contributed by atoms with Crippen LogP contribution in [0.1, 0.15) is 39.0 Å². The molecule has 19 heavy (non-hydrogen) atoms. The minimum atomic E-state index is -0.310.